The van der Waals surface area contributed by atoms with E-state index in [1.54, 1.807) is 27.7 Å². The summed E-state index contributed by atoms with van der Waals surface area (Å²) in [7, 11) is -6.07. The number of sulfonamides is 1. The summed E-state index contributed by atoms with van der Waals surface area (Å²) in [6, 6.07) is 14.0. The Kier molecular flexibility index (Phi) is 15.5. The summed E-state index contributed by atoms with van der Waals surface area (Å²) >= 11 is 0. The molecule has 2 heterocycles. The van der Waals surface area contributed by atoms with Crippen LogP contribution in [0.4, 0.5) is 10.5 Å². The Bertz CT molecular complexity index is 2240. The first-order chi connectivity index (χ1) is 27.7. The standard InChI is InChI=1S/C43H62N6O9SSi/c1-41(2,3)57-39(50)32(17-14-23-47(40(51)58-42(4,5)6)25-26-56-60(10,11)43(7,8)9)20-21-34-22-24-48-38(46-34)37(30-44-48)33-16-12-15-31(27-33)29-45-59(54,55)36-19-13-18-35(28-36)49(52)53/h12-13,15-16,18-19,22,24,27-28,30,32,45H,14,17,20-21,23,25-26,29H2,1-11H3. The number of aryl methyl sites for hydroxylation is 1. The number of nitro groups is 1. The predicted octanol–water partition coefficient (Wildman–Crippen LogP) is 8.71. The van der Waals surface area contributed by atoms with Crippen molar-refractivity contribution in [1.82, 2.24) is 24.2 Å². The molecule has 0 aliphatic rings. The highest BCUT2D eigenvalue weighted by molar-refractivity contribution is 7.89. The van der Waals surface area contributed by atoms with Gasteiger partial charge in [0.1, 0.15) is 11.2 Å². The molecule has 328 valence electrons. The van der Waals surface area contributed by atoms with E-state index < -0.39 is 46.5 Å². The van der Waals surface area contributed by atoms with E-state index in [-0.39, 0.29) is 28.1 Å². The Morgan fingerprint density at radius 3 is 2.27 bits per heavy atom. The quantitative estimate of drug-likeness (QED) is 0.0437. The number of non-ortho nitro benzene ring substituents is 1. The number of benzene rings is 2. The Labute approximate surface area is 355 Å². The van der Waals surface area contributed by atoms with Gasteiger partial charge in [-0.2, -0.15) is 5.10 Å². The van der Waals surface area contributed by atoms with Gasteiger partial charge in [-0.1, -0.05) is 45.0 Å². The van der Waals surface area contributed by atoms with Gasteiger partial charge in [-0.05, 0) is 115 Å². The maximum Gasteiger partial charge on any atom is 0.410 e. The molecule has 0 radical (unpaired) electrons. The Balaban J connectivity index is 1.48. The van der Waals surface area contributed by atoms with Crippen LogP contribution in [0.1, 0.15) is 92.8 Å². The molecule has 1 unspecified atom stereocenters. The van der Waals surface area contributed by atoms with Gasteiger partial charge in [0, 0.05) is 49.2 Å². The van der Waals surface area contributed by atoms with Gasteiger partial charge in [-0.3, -0.25) is 14.9 Å². The van der Waals surface area contributed by atoms with E-state index in [0.29, 0.717) is 56.6 Å². The summed E-state index contributed by atoms with van der Waals surface area (Å²) in [6.07, 6.45) is 5.04. The zero-order valence-corrected chi connectivity index (χ0v) is 38.7. The van der Waals surface area contributed by atoms with Gasteiger partial charge in [-0.25, -0.2) is 27.4 Å². The third-order valence-electron chi connectivity index (χ3n) is 10.2. The maximum atomic E-state index is 13.6. The second-order valence-electron chi connectivity index (χ2n) is 18.5. The summed E-state index contributed by atoms with van der Waals surface area (Å²) in [5, 5.41) is 15.7. The van der Waals surface area contributed by atoms with Crippen LogP contribution in [0.3, 0.4) is 0 Å². The van der Waals surface area contributed by atoms with E-state index in [1.165, 1.54) is 18.2 Å². The SMILES string of the molecule is CC(C)(C)OC(=O)C(CCCN(CCO[Si](C)(C)C(C)(C)C)C(=O)OC(C)(C)C)CCc1ccn2ncc(-c3cccc(CNS(=O)(=O)c4cccc([N+](=O)[O-])c4)c3)c2n1. The first-order valence-corrected chi connectivity index (χ1v) is 24.7. The number of hydrogen-bond acceptors (Lipinski definition) is 11. The molecule has 0 aliphatic heterocycles. The number of nitrogens with zero attached hydrogens (tertiary/aromatic N) is 5. The summed E-state index contributed by atoms with van der Waals surface area (Å²) < 4.78 is 48.1. The molecular formula is C43H62N6O9SSi. The van der Waals surface area contributed by atoms with Crippen molar-refractivity contribution in [2.24, 2.45) is 5.92 Å². The lowest BCUT2D eigenvalue weighted by molar-refractivity contribution is -0.385. The van der Waals surface area contributed by atoms with Crippen LogP contribution in [-0.4, -0.2) is 84.1 Å². The zero-order chi connectivity index (χ0) is 44.7. The molecule has 0 saturated heterocycles. The van der Waals surface area contributed by atoms with E-state index in [9.17, 15) is 28.1 Å². The van der Waals surface area contributed by atoms with Crippen LogP contribution in [0.25, 0.3) is 16.8 Å². The van der Waals surface area contributed by atoms with E-state index in [2.05, 4.69) is 43.7 Å². The van der Waals surface area contributed by atoms with Crippen molar-refractivity contribution in [1.29, 1.82) is 0 Å². The first-order valence-electron chi connectivity index (χ1n) is 20.3. The smallest absolute Gasteiger partial charge is 0.410 e. The molecule has 4 aromatic rings. The number of nitrogens with one attached hydrogen (secondary N) is 1. The van der Waals surface area contributed by atoms with Crippen molar-refractivity contribution in [2.75, 3.05) is 19.7 Å². The molecule has 0 spiro atoms. The highest BCUT2D eigenvalue weighted by atomic mass is 32.2. The Morgan fingerprint density at radius 1 is 0.933 bits per heavy atom. The van der Waals surface area contributed by atoms with Crippen LogP contribution in [0.2, 0.25) is 18.1 Å². The molecular weight excluding hydrogens is 805 g/mol. The second kappa shape index (κ2) is 19.3. The Hall–Kier alpha value is -4.71. The Morgan fingerprint density at radius 2 is 1.62 bits per heavy atom. The minimum atomic E-state index is -4.03. The van der Waals surface area contributed by atoms with Crippen molar-refractivity contribution < 1.29 is 36.8 Å². The van der Waals surface area contributed by atoms with Crippen LogP contribution in [0.5, 0.6) is 0 Å². The number of nitro benzene ring substituents is 1. The third-order valence-corrected chi connectivity index (χ3v) is 16.2. The van der Waals surface area contributed by atoms with Crippen LogP contribution in [0, 0.1) is 16.0 Å². The van der Waals surface area contributed by atoms with E-state index >= 15 is 0 Å². The topological polar surface area (TPSA) is 185 Å². The summed E-state index contributed by atoms with van der Waals surface area (Å²) in [5.74, 6) is -0.769. The van der Waals surface area contributed by atoms with Crippen molar-refractivity contribution in [2.45, 2.75) is 129 Å². The molecule has 1 amide bonds. The molecule has 0 fully saturated rings. The largest absolute Gasteiger partial charge is 0.460 e. The monoisotopic (exact) mass is 866 g/mol. The minimum absolute atomic E-state index is 0.0275. The molecule has 4 rings (SSSR count). The molecule has 15 nitrogen and oxygen atoms in total. The van der Waals surface area contributed by atoms with Crippen LogP contribution < -0.4 is 4.72 Å². The summed E-state index contributed by atoms with van der Waals surface area (Å²) in [6.45, 7) is 23.0. The highest BCUT2D eigenvalue weighted by Gasteiger charge is 2.37. The zero-order valence-electron chi connectivity index (χ0n) is 36.9. The van der Waals surface area contributed by atoms with Gasteiger partial charge >= 0.3 is 12.1 Å². The second-order valence-corrected chi connectivity index (χ2v) is 25.1. The molecule has 1 N–H and O–H groups in total. The molecule has 0 bridgehead atoms. The van der Waals surface area contributed by atoms with E-state index in [1.807, 2.05) is 65.9 Å². The highest BCUT2D eigenvalue weighted by Crippen LogP contribution is 2.36. The van der Waals surface area contributed by atoms with Crippen molar-refractivity contribution in [3.8, 4) is 11.1 Å². The number of hydrogen-bond donors (Lipinski definition) is 1. The lowest BCUT2D eigenvalue weighted by atomic mass is 9.96. The minimum Gasteiger partial charge on any atom is -0.460 e. The van der Waals surface area contributed by atoms with Crippen molar-refractivity contribution >= 4 is 41.7 Å². The summed E-state index contributed by atoms with van der Waals surface area (Å²) in [4.78, 5) is 43.8. The van der Waals surface area contributed by atoms with E-state index in [0.717, 1.165) is 22.9 Å². The lowest BCUT2D eigenvalue weighted by Gasteiger charge is -2.37. The number of esters is 1. The number of fused-ring (bicyclic) bond motifs is 1. The van der Waals surface area contributed by atoms with E-state index in [4.69, 9.17) is 18.9 Å². The maximum absolute atomic E-state index is 13.6. The van der Waals surface area contributed by atoms with Gasteiger partial charge in [0.05, 0.1) is 28.5 Å². The van der Waals surface area contributed by atoms with Crippen LogP contribution in [0.15, 0.2) is 71.9 Å². The number of aromatic nitrogens is 3. The first kappa shape index (κ1) is 48.0. The van der Waals surface area contributed by atoms with Crippen LogP contribution >= 0.6 is 0 Å². The van der Waals surface area contributed by atoms with Crippen molar-refractivity contribution in [3.05, 3.63) is 88.4 Å². The molecule has 2 aromatic heterocycles. The van der Waals surface area contributed by atoms with Gasteiger partial charge in [0.25, 0.3) is 5.69 Å². The van der Waals surface area contributed by atoms with Gasteiger partial charge < -0.3 is 18.8 Å². The summed E-state index contributed by atoms with van der Waals surface area (Å²) in [5.41, 5.74) is 1.81. The molecule has 0 aliphatic carbocycles. The van der Waals surface area contributed by atoms with Gasteiger partial charge in [-0.15, -0.1) is 0 Å². The lowest BCUT2D eigenvalue weighted by Crippen LogP contribution is -2.44. The number of rotatable bonds is 18. The number of carbonyl (C=O) groups is 2. The van der Waals surface area contributed by atoms with Crippen LogP contribution in [-0.2, 0) is 41.7 Å². The fourth-order valence-electron chi connectivity index (χ4n) is 5.99. The average molecular weight is 867 g/mol. The predicted molar refractivity (Wildman–Crippen MR) is 233 cm³/mol. The fraction of sp³-hybridized carbons (Fsp3) is 0.535. The molecule has 1 atom stereocenters. The van der Waals surface area contributed by atoms with Gasteiger partial charge in [0.15, 0.2) is 14.0 Å². The number of ether oxygens (including phenoxy) is 2. The molecule has 60 heavy (non-hydrogen) atoms. The third kappa shape index (κ3) is 13.9. The number of amides is 1. The average Bonchev–Trinajstić information content (AvgIpc) is 3.56. The fourth-order valence-corrected chi connectivity index (χ4v) is 8.08. The van der Waals surface area contributed by atoms with Gasteiger partial charge in [0.2, 0.25) is 10.0 Å². The molecule has 2 aromatic carbocycles. The molecule has 17 heteroatoms. The van der Waals surface area contributed by atoms with Crippen molar-refractivity contribution in [3.63, 3.8) is 0 Å². The molecule has 0 saturated carbocycles. The normalized spacial score (nSPS) is 13.2. The number of carbonyl (C=O) groups excluding carboxylic acids is 2.